The minimum Gasteiger partial charge on any atom is -0.325 e. The quantitative estimate of drug-likeness (QED) is 0.638. The topological polar surface area (TPSA) is 97.2 Å². The van der Waals surface area contributed by atoms with Crippen LogP contribution in [0.2, 0.25) is 0 Å². The molecule has 0 aliphatic heterocycles. The van der Waals surface area contributed by atoms with Crippen LogP contribution in [0.5, 0.6) is 0 Å². The zero-order valence-corrected chi connectivity index (χ0v) is 18.4. The van der Waals surface area contributed by atoms with E-state index < -0.39 is 10.0 Å². The van der Waals surface area contributed by atoms with Gasteiger partial charge in [-0.3, -0.25) is 4.79 Å². The number of rotatable bonds is 8. The second kappa shape index (κ2) is 9.73. The monoisotopic (exact) mass is 437 g/mol. The van der Waals surface area contributed by atoms with E-state index in [0.29, 0.717) is 10.8 Å². The number of amides is 1. The SMILES string of the molecule is CCn1cnnc1SCC(=O)Nc1ccc(S(=O)(=O)N(C)C2CCCCC2)cc1. The molecule has 0 spiro atoms. The highest BCUT2D eigenvalue weighted by molar-refractivity contribution is 7.99. The molecule has 158 valence electrons. The number of carbonyl (C=O) groups is 1. The van der Waals surface area contributed by atoms with Crippen LogP contribution >= 0.6 is 11.8 Å². The largest absolute Gasteiger partial charge is 0.325 e. The van der Waals surface area contributed by atoms with E-state index in [1.807, 2.05) is 11.5 Å². The van der Waals surface area contributed by atoms with Crippen LogP contribution in [0.1, 0.15) is 39.0 Å². The lowest BCUT2D eigenvalue weighted by molar-refractivity contribution is -0.113. The van der Waals surface area contributed by atoms with Crippen LogP contribution in [0.25, 0.3) is 0 Å². The highest BCUT2D eigenvalue weighted by Gasteiger charge is 2.28. The first-order chi connectivity index (χ1) is 13.9. The lowest BCUT2D eigenvalue weighted by Gasteiger charge is -2.30. The Morgan fingerprint density at radius 3 is 2.59 bits per heavy atom. The molecular formula is C19H27N5O3S2. The highest BCUT2D eigenvalue weighted by Crippen LogP contribution is 2.27. The summed E-state index contributed by atoms with van der Waals surface area (Å²) >= 11 is 1.31. The normalized spacial score (nSPS) is 15.6. The number of nitrogens with one attached hydrogen (secondary N) is 1. The van der Waals surface area contributed by atoms with E-state index in [2.05, 4.69) is 15.5 Å². The lowest BCUT2D eigenvalue weighted by atomic mass is 9.96. The zero-order valence-electron chi connectivity index (χ0n) is 16.7. The van der Waals surface area contributed by atoms with Crippen molar-refractivity contribution in [3.05, 3.63) is 30.6 Å². The first-order valence-electron chi connectivity index (χ1n) is 9.80. The second-order valence-corrected chi connectivity index (χ2v) is 10.0. The van der Waals surface area contributed by atoms with Crippen LogP contribution in [-0.2, 0) is 21.4 Å². The summed E-state index contributed by atoms with van der Waals surface area (Å²) in [5, 5.41) is 11.3. The van der Waals surface area contributed by atoms with Gasteiger partial charge in [-0.1, -0.05) is 31.0 Å². The number of aromatic nitrogens is 3. The molecule has 1 aliphatic carbocycles. The van der Waals surface area contributed by atoms with Crippen LogP contribution in [0.3, 0.4) is 0 Å². The average Bonchev–Trinajstić information content (AvgIpc) is 3.20. The molecule has 1 heterocycles. The molecule has 3 rings (SSSR count). The van der Waals surface area contributed by atoms with E-state index in [1.54, 1.807) is 37.6 Å². The number of nitrogens with zero attached hydrogens (tertiary/aromatic N) is 4. The Kier molecular flexibility index (Phi) is 7.31. The van der Waals surface area contributed by atoms with E-state index in [4.69, 9.17) is 0 Å². The Labute approximate surface area is 176 Å². The predicted octanol–water partition coefficient (Wildman–Crippen LogP) is 2.98. The zero-order chi connectivity index (χ0) is 20.9. The fraction of sp³-hybridized carbons (Fsp3) is 0.526. The Balaban J connectivity index is 1.58. The smallest absolute Gasteiger partial charge is 0.243 e. The van der Waals surface area contributed by atoms with E-state index in [1.165, 1.54) is 22.5 Å². The first kappa shape index (κ1) is 21.8. The molecule has 2 aromatic rings. The number of hydrogen-bond donors (Lipinski definition) is 1. The standard InChI is InChI=1S/C19H27N5O3S2/c1-3-24-14-20-22-19(24)28-13-18(25)21-15-9-11-17(12-10-15)29(26,27)23(2)16-7-5-4-6-8-16/h9-12,14,16H,3-8,13H2,1-2H3,(H,21,25). The van der Waals surface area contributed by atoms with Gasteiger partial charge in [0.1, 0.15) is 6.33 Å². The first-order valence-corrected chi connectivity index (χ1v) is 12.2. The number of carbonyl (C=O) groups excluding carboxylic acids is 1. The van der Waals surface area contributed by atoms with Gasteiger partial charge in [0.2, 0.25) is 15.9 Å². The third kappa shape index (κ3) is 5.37. The van der Waals surface area contributed by atoms with Gasteiger partial charge in [-0.2, -0.15) is 4.31 Å². The van der Waals surface area contributed by atoms with Crippen LogP contribution in [0.4, 0.5) is 5.69 Å². The third-order valence-electron chi connectivity index (χ3n) is 5.16. The fourth-order valence-electron chi connectivity index (χ4n) is 3.42. The summed E-state index contributed by atoms with van der Waals surface area (Å²) in [5.41, 5.74) is 0.562. The summed E-state index contributed by atoms with van der Waals surface area (Å²) in [7, 11) is -1.87. The van der Waals surface area contributed by atoms with Crippen LogP contribution in [0, 0.1) is 0 Å². The summed E-state index contributed by atoms with van der Waals surface area (Å²) in [6, 6.07) is 6.41. The number of hydrogen-bond acceptors (Lipinski definition) is 6. The lowest BCUT2D eigenvalue weighted by Crippen LogP contribution is -2.38. The van der Waals surface area contributed by atoms with Crippen LogP contribution in [-0.4, -0.2) is 52.2 Å². The molecule has 0 atom stereocenters. The summed E-state index contributed by atoms with van der Waals surface area (Å²) in [4.78, 5) is 12.4. The molecule has 1 aromatic heterocycles. The summed E-state index contributed by atoms with van der Waals surface area (Å²) in [5.74, 6) is 0.0129. The van der Waals surface area contributed by atoms with Crippen molar-refractivity contribution < 1.29 is 13.2 Å². The molecule has 1 N–H and O–H groups in total. The molecule has 29 heavy (non-hydrogen) atoms. The molecule has 10 heteroatoms. The van der Waals surface area contributed by atoms with Crippen molar-refractivity contribution in [3.8, 4) is 0 Å². The van der Waals surface area contributed by atoms with Gasteiger partial charge in [0, 0.05) is 25.3 Å². The van der Waals surface area contributed by atoms with Crippen molar-refractivity contribution in [3.63, 3.8) is 0 Å². The summed E-state index contributed by atoms with van der Waals surface area (Å²) in [6.07, 6.45) is 6.77. The maximum Gasteiger partial charge on any atom is 0.243 e. The minimum absolute atomic E-state index is 0.0651. The maximum atomic E-state index is 12.9. The number of benzene rings is 1. The Morgan fingerprint density at radius 2 is 1.93 bits per heavy atom. The molecule has 0 radical (unpaired) electrons. The van der Waals surface area contributed by atoms with Crippen molar-refractivity contribution >= 4 is 33.4 Å². The molecule has 0 unspecified atom stereocenters. The molecule has 8 nitrogen and oxygen atoms in total. The third-order valence-corrected chi connectivity index (χ3v) is 8.06. The molecule has 0 saturated heterocycles. The molecule has 1 amide bonds. The second-order valence-electron chi connectivity index (χ2n) is 7.07. The summed E-state index contributed by atoms with van der Waals surface area (Å²) in [6.45, 7) is 2.72. The van der Waals surface area contributed by atoms with E-state index in [0.717, 1.165) is 32.2 Å². The number of thioether (sulfide) groups is 1. The van der Waals surface area contributed by atoms with Crippen molar-refractivity contribution in [2.45, 2.75) is 61.7 Å². The van der Waals surface area contributed by atoms with Crippen LogP contribution < -0.4 is 5.32 Å². The van der Waals surface area contributed by atoms with Gasteiger partial charge in [0.15, 0.2) is 5.16 Å². The molecule has 1 saturated carbocycles. The minimum atomic E-state index is -3.53. The van der Waals surface area contributed by atoms with Gasteiger partial charge < -0.3 is 9.88 Å². The van der Waals surface area contributed by atoms with Gasteiger partial charge in [-0.15, -0.1) is 10.2 Å². The molecular weight excluding hydrogens is 410 g/mol. The van der Waals surface area contributed by atoms with Gasteiger partial charge in [-0.05, 0) is 44.0 Å². The Hall–Kier alpha value is -1.91. The maximum absolute atomic E-state index is 12.9. The van der Waals surface area contributed by atoms with Gasteiger partial charge in [0.25, 0.3) is 0 Å². The van der Waals surface area contributed by atoms with Crippen molar-refractivity contribution in [2.75, 3.05) is 18.1 Å². The van der Waals surface area contributed by atoms with Crippen molar-refractivity contribution in [1.82, 2.24) is 19.1 Å². The molecule has 0 bridgehead atoms. The van der Waals surface area contributed by atoms with E-state index >= 15 is 0 Å². The van der Waals surface area contributed by atoms with Crippen molar-refractivity contribution in [2.24, 2.45) is 0 Å². The van der Waals surface area contributed by atoms with Gasteiger partial charge in [-0.25, -0.2) is 8.42 Å². The van der Waals surface area contributed by atoms with Gasteiger partial charge >= 0.3 is 0 Å². The van der Waals surface area contributed by atoms with Gasteiger partial charge in [0.05, 0.1) is 10.6 Å². The molecule has 1 fully saturated rings. The highest BCUT2D eigenvalue weighted by atomic mass is 32.2. The van der Waals surface area contributed by atoms with E-state index in [9.17, 15) is 13.2 Å². The predicted molar refractivity (Wildman–Crippen MR) is 113 cm³/mol. The molecule has 1 aliphatic rings. The molecule has 1 aromatic carbocycles. The summed E-state index contributed by atoms with van der Waals surface area (Å²) < 4.78 is 29.1. The number of anilines is 1. The average molecular weight is 438 g/mol. The number of sulfonamides is 1. The van der Waals surface area contributed by atoms with E-state index in [-0.39, 0.29) is 22.6 Å². The van der Waals surface area contributed by atoms with Crippen LogP contribution in [0.15, 0.2) is 40.6 Å². The Morgan fingerprint density at radius 1 is 1.24 bits per heavy atom. The van der Waals surface area contributed by atoms with Crippen molar-refractivity contribution in [1.29, 1.82) is 0 Å². The Bertz CT molecular complexity index is 922. The fourth-order valence-corrected chi connectivity index (χ4v) is 5.61. The number of aryl methyl sites for hydroxylation is 1.